The fourth-order valence-electron chi connectivity index (χ4n) is 3.15. The number of methoxy groups -OCH3 is 1. The number of esters is 1. The molecule has 2 atom stereocenters. The van der Waals surface area contributed by atoms with Gasteiger partial charge in [0, 0.05) is 26.7 Å². The van der Waals surface area contributed by atoms with Crippen LogP contribution in [-0.2, 0) is 16.1 Å². The average molecular weight is 317 g/mol. The second-order valence-electron chi connectivity index (χ2n) is 6.34. The predicted molar refractivity (Wildman–Crippen MR) is 92.4 cm³/mol. The molecule has 126 valence electrons. The van der Waals surface area contributed by atoms with Crippen LogP contribution >= 0.6 is 0 Å². The summed E-state index contributed by atoms with van der Waals surface area (Å²) in [5.74, 6) is 0.884. The quantitative estimate of drug-likeness (QED) is 0.527. The van der Waals surface area contributed by atoms with Gasteiger partial charge in [-0.25, -0.2) is 0 Å². The number of carbonyl (C=O) groups excluding carboxylic acids is 1. The number of nitrogens with one attached hydrogen (secondary N) is 1. The van der Waals surface area contributed by atoms with Crippen molar-refractivity contribution in [2.75, 3.05) is 27.2 Å². The molecule has 2 rings (SSSR count). The highest BCUT2D eigenvalue weighted by Gasteiger charge is 2.36. The fraction of sp³-hybridized carbons (Fsp3) is 0.556. The predicted octanol–water partition coefficient (Wildman–Crippen LogP) is 2.12. The number of carbonyl (C=O) groups is 1. The number of guanidine groups is 1. The summed E-state index contributed by atoms with van der Waals surface area (Å²) in [7, 11) is 3.23. The molecule has 0 aromatic heterocycles. The van der Waals surface area contributed by atoms with Gasteiger partial charge in [0.05, 0.1) is 13.0 Å². The number of hydrogen-bond acceptors (Lipinski definition) is 3. The van der Waals surface area contributed by atoms with Crippen molar-refractivity contribution in [3.8, 4) is 0 Å². The van der Waals surface area contributed by atoms with E-state index in [1.54, 1.807) is 7.05 Å². The van der Waals surface area contributed by atoms with E-state index in [9.17, 15) is 4.79 Å². The second kappa shape index (κ2) is 7.49. The topological polar surface area (TPSA) is 53.9 Å². The molecule has 1 heterocycles. The first-order valence-corrected chi connectivity index (χ1v) is 8.05. The molecule has 0 aliphatic carbocycles. The summed E-state index contributed by atoms with van der Waals surface area (Å²) in [5, 5.41) is 3.41. The van der Waals surface area contributed by atoms with Gasteiger partial charge in [-0.1, -0.05) is 30.7 Å². The van der Waals surface area contributed by atoms with Crippen LogP contribution in [0.2, 0.25) is 0 Å². The second-order valence-corrected chi connectivity index (χ2v) is 6.34. The molecule has 0 bridgehead atoms. The van der Waals surface area contributed by atoms with Crippen LogP contribution in [0.15, 0.2) is 23.2 Å². The number of likely N-dealkylation sites (tertiary alicyclic amines) is 1. The number of hydrogen-bond donors (Lipinski definition) is 1. The minimum atomic E-state index is -0.134. The number of ether oxygens (including phenoxy) is 1. The maximum Gasteiger partial charge on any atom is 0.310 e. The van der Waals surface area contributed by atoms with Crippen molar-refractivity contribution < 1.29 is 9.53 Å². The Morgan fingerprint density at radius 1 is 1.39 bits per heavy atom. The Hall–Kier alpha value is -2.04. The van der Waals surface area contributed by atoms with E-state index < -0.39 is 0 Å². The van der Waals surface area contributed by atoms with Crippen molar-refractivity contribution in [1.82, 2.24) is 10.2 Å². The number of nitrogens with zero attached hydrogens (tertiary/aromatic N) is 2. The standard InChI is InChI=1S/C18H27N3O2/c1-12-6-7-15(13(2)8-12)9-20-18(19-4)21-10-14(3)16(11-21)17(22)23-5/h6-8,14,16H,9-11H2,1-5H3,(H,19,20). The molecule has 5 heteroatoms. The highest BCUT2D eigenvalue weighted by molar-refractivity contribution is 5.82. The SMILES string of the molecule is CN=C(NCc1ccc(C)cc1C)N1CC(C)C(C(=O)OC)C1. The van der Waals surface area contributed by atoms with Crippen LogP contribution in [-0.4, -0.2) is 44.1 Å². The van der Waals surface area contributed by atoms with Crippen molar-refractivity contribution in [2.24, 2.45) is 16.8 Å². The van der Waals surface area contributed by atoms with Crippen molar-refractivity contribution in [3.63, 3.8) is 0 Å². The van der Waals surface area contributed by atoms with Gasteiger partial charge in [-0.15, -0.1) is 0 Å². The third kappa shape index (κ3) is 4.03. The number of aryl methyl sites for hydroxylation is 2. The first-order valence-electron chi connectivity index (χ1n) is 8.05. The third-order valence-corrected chi connectivity index (χ3v) is 4.56. The fourth-order valence-corrected chi connectivity index (χ4v) is 3.15. The van der Waals surface area contributed by atoms with E-state index in [-0.39, 0.29) is 17.8 Å². The Morgan fingerprint density at radius 2 is 2.13 bits per heavy atom. The Balaban J connectivity index is 2.00. The van der Waals surface area contributed by atoms with Crippen LogP contribution in [0.5, 0.6) is 0 Å². The van der Waals surface area contributed by atoms with Gasteiger partial charge in [-0.2, -0.15) is 0 Å². The van der Waals surface area contributed by atoms with E-state index in [0.717, 1.165) is 19.0 Å². The molecule has 1 saturated heterocycles. The Morgan fingerprint density at radius 3 is 2.74 bits per heavy atom. The summed E-state index contributed by atoms with van der Waals surface area (Å²) in [6.07, 6.45) is 0. The van der Waals surface area contributed by atoms with Gasteiger partial charge in [0.25, 0.3) is 0 Å². The van der Waals surface area contributed by atoms with E-state index in [1.807, 2.05) is 0 Å². The Bertz CT molecular complexity index is 598. The lowest BCUT2D eigenvalue weighted by atomic mass is 9.99. The summed E-state index contributed by atoms with van der Waals surface area (Å²) in [5.41, 5.74) is 3.80. The lowest BCUT2D eigenvalue weighted by Crippen LogP contribution is -2.40. The van der Waals surface area contributed by atoms with Crippen LogP contribution in [0.3, 0.4) is 0 Å². The normalized spacial score (nSPS) is 21.4. The molecule has 5 nitrogen and oxygen atoms in total. The maximum absolute atomic E-state index is 11.8. The van der Waals surface area contributed by atoms with Gasteiger partial charge in [0.1, 0.15) is 0 Å². The highest BCUT2D eigenvalue weighted by Crippen LogP contribution is 2.24. The van der Waals surface area contributed by atoms with Crippen LogP contribution in [0.4, 0.5) is 0 Å². The van der Waals surface area contributed by atoms with Crippen molar-refractivity contribution in [1.29, 1.82) is 0 Å². The average Bonchev–Trinajstić information content (AvgIpc) is 2.90. The summed E-state index contributed by atoms with van der Waals surface area (Å²) in [6.45, 7) is 8.50. The molecule has 1 fully saturated rings. The molecule has 0 spiro atoms. The van der Waals surface area contributed by atoms with Gasteiger partial charge in [0.2, 0.25) is 0 Å². The molecular formula is C18H27N3O2. The lowest BCUT2D eigenvalue weighted by Gasteiger charge is -2.22. The molecule has 1 aliphatic rings. The van der Waals surface area contributed by atoms with Crippen LogP contribution < -0.4 is 5.32 Å². The smallest absolute Gasteiger partial charge is 0.310 e. The largest absolute Gasteiger partial charge is 0.469 e. The summed E-state index contributed by atoms with van der Waals surface area (Å²) in [4.78, 5) is 18.3. The summed E-state index contributed by atoms with van der Waals surface area (Å²) >= 11 is 0. The van der Waals surface area contributed by atoms with Crippen LogP contribution in [0, 0.1) is 25.7 Å². The zero-order valence-corrected chi connectivity index (χ0v) is 14.7. The van der Waals surface area contributed by atoms with E-state index in [2.05, 4.69) is 54.2 Å². The maximum atomic E-state index is 11.8. The zero-order valence-electron chi connectivity index (χ0n) is 14.7. The molecule has 0 radical (unpaired) electrons. The van der Waals surface area contributed by atoms with E-state index in [4.69, 9.17) is 4.74 Å². The molecule has 0 saturated carbocycles. The molecule has 1 aliphatic heterocycles. The molecule has 23 heavy (non-hydrogen) atoms. The van der Waals surface area contributed by atoms with Gasteiger partial charge in [-0.3, -0.25) is 9.79 Å². The molecular weight excluding hydrogens is 290 g/mol. The molecule has 1 N–H and O–H groups in total. The summed E-state index contributed by atoms with van der Waals surface area (Å²) in [6, 6.07) is 6.46. The Labute approximate surface area is 138 Å². The van der Waals surface area contributed by atoms with Crippen molar-refractivity contribution in [2.45, 2.75) is 27.3 Å². The third-order valence-electron chi connectivity index (χ3n) is 4.56. The van der Waals surface area contributed by atoms with Crippen LogP contribution in [0.1, 0.15) is 23.6 Å². The van der Waals surface area contributed by atoms with Crippen molar-refractivity contribution in [3.05, 3.63) is 34.9 Å². The van der Waals surface area contributed by atoms with Crippen LogP contribution in [0.25, 0.3) is 0 Å². The van der Waals surface area contributed by atoms with Crippen molar-refractivity contribution >= 4 is 11.9 Å². The first-order chi connectivity index (χ1) is 11.0. The Kier molecular flexibility index (Phi) is 5.64. The van der Waals surface area contributed by atoms with Gasteiger partial charge in [0.15, 0.2) is 5.96 Å². The van der Waals surface area contributed by atoms with E-state index in [1.165, 1.54) is 23.8 Å². The lowest BCUT2D eigenvalue weighted by molar-refractivity contribution is -0.145. The number of rotatable bonds is 3. The zero-order chi connectivity index (χ0) is 17.0. The van der Waals surface area contributed by atoms with Gasteiger partial charge < -0.3 is 15.0 Å². The first kappa shape index (κ1) is 17.3. The van der Waals surface area contributed by atoms with E-state index >= 15 is 0 Å². The minimum Gasteiger partial charge on any atom is -0.469 e. The van der Waals surface area contributed by atoms with E-state index in [0.29, 0.717) is 6.54 Å². The molecule has 1 aromatic rings. The molecule has 1 aromatic carbocycles. The monoisotopic (exact) mass is 317 g/mol. The molecule has 2 unspecified atom stereocenters. The summed E-state index contributed by atoms with van der Waals surface area (Å²) < 4.78 is 4.90. The van der Waals surface area contributed by atoms with Gasteiger partial charge >= 0.3 is 5.97 Å². The molecule has 0 amide bonds. The minimum absolute atomic E-state index is 0.0836. The van der Waals surface area contributed by atoms with Gasteiger partial charge in [-0.05, 0) is 30.9 Å². The number of benzene rings is 1. The number of aliphatic imine (C=N–C) groups is 1. The highest BCUT2D eigenvalue weighted by atomic mass is 16.5.